The molecular weight excluding hydrogens is 228 g/mol. The molecule has 17 heavy (non-hydrogen) atoms. The zero-order valence-electron chi connectivity index (χ0n) is 8.75. The Morgan fingerprint density at radius 2 is 2.41 bits per heavy atom. The molecule has 90 valence electrons. The highest BCUT2D eigenvalue weighted by atomic mass is 16.6. The highest BCUT2D eigenvalue weighted by Crippen LogP contribution is 2.09. The SMILES string of the molecule is NC(=O)C1CC(CNC(=O)c2cocn2)=NO1. The number of aromatic nitrogens is 1. The molecule has 0 radical (unpaired) electrons. The standard InChI is InChI=1S/C9H10N4O4/c10-8(14)7-1-5(13-17-7)2-11-9(15)6-3-16-4-12-6/h3-4,7H,1-2H2,(H2,10,14)(H,11,15). The monoisotopic (exact) mass is 238 g/mol. The first kappa shape index (κ1) is 11.1. The first-order valence-electron chi connectivity index (χ1n) is 4.84. The molecule has 0 aliphatic carbocycles. The van der Waals surface area contributed by atoms with Gasteiger partial charge < -0.3 is 20.3 Å². The van der Waals surface area contributed by atoms with Crippen molar-refractivity contribution < 1.29 is 18.8 Å². The van der Waals surface area contributed by atoms with E-state index in [1.165, 1.54) is 6.26 Å². The molecule has 8 heteroatoms. The third-order valence-electron chi connectivity index (χ3n) is 2.17. The van der Waals surface area contributed by atoms with Crippen molar-refractivity contribution in [2.24, 2.45) is 10.9 Å². The minimum Gasteiger partial charge on any atom is -0.451 e. The molecule has 1 aliphatic rings. The molecule has 1 aromatic rings. The highest BCUT2D eigenvalue weighted by molar-refractivity contribution is 5.98. The number of oxime groups is 1. The van der Waals surface area contributed by atoms with Crippen LogP contribution in [0, 0.1) is 0 Å². The average Bonchev–Trinajstić information content (AvgIpc) is 2.97. The molecule has 1 aliphatic heterocycles. The minimum atomic E-state index is -0.742. The highest BCUT2D eigenvalue weighted by Gasteiger charge is 2.26. The van der Waals surface area contributed by atoms with E-state index in [9.17, 15) is 9.59 Å². The number of hydrogen-bond acceptors (Lipinski definition) is 6. The largest absolute Gasteiger partial charge is 0.451 e. The fourth-order valence-corrected chi connectivity index (χ4v) is 1.28. The van der Waals surface area contributed by atoms with Crippen LogP contribution in [0.2, 0.25) is 0 Å². The molecule has 0 saturated heterocycles. The number of primary amides is 1. The van der Waals surface area contributed by atoms with E-state index in [1.807, 2.05) is 0 Å². The molecule has 3 N–H and O–H groups in total. The number of nitrogens with zero attached hydrogens (tertiary/aromatic N) is 2. The summed E-state index contributed by atoms with van der Waals surface area (Å²) in [4.78, 5) is 30.7. The van der Waals surface area contributed by atoms with Gasteiger partial charge in [-0.3, -0.25) is 9.59 Å². The van der Waals surface area contributed by atoms with Gasteiger partial charge in [0.2, 0.25) is 6.10 Å². The number of hydrogen-bond donors (Lipinski definition) is 2. The number of amides is 2. The summed E-state index contributed by atoms with van der Waals surface area (Å²) in [6.07, 6.45) is 1.94. The molecule has 2 heterocycles. The fourth-order valence-electron chi connectivity index (χ4n) is 1.28. The molecule has 2 rings (SSSR count). The Kier molecular flexibility index (Phi) is 3.03. The summed E-state index contributed by atoms with van der Waals surface area (Å²) in [5.41, 5.74) is 5.77. The van der Waals surface area contributed by atoms with Crippen LogP contribution in [0.15, 0.2) is 22.2 Å². The predicted octanol–water partition coefficient (Wildman–Crippen LogP) is -0.965. The van der Waals surface area contributed by atoms with Crippen LogP contribution in [0.3, 0.4) is 0 Å². The van der Waals surface area contributed by atoms with Gasteiger partial charge in [0.25, 0.3) is 11.8 Å². The van der Waals surface area contributed by atoms with E-state index in [0.717, 1.165) is 6.39 Å². The Bertz CT molecular complexity index is 454. The van der Waals surface area contributed by atoms with Crippen molar-refractivity contribution in [2.45, 2.75) is 12.5 Å². The second-order valence-electron chi connectivity index (χ2n) is 3.41. The van der Waals surface area contributed by atoms with Gasteiger partial charge in [0.05, 0.1) is 12.3 Å². The normalized spacial score (nSPS) is 18.4. The Balaban J connectivity index is 1.80. The van der Waals surface area contributed by atoms with Gasteiger partial charge in [-0.05, 0) is 0 Å². The van der Waals surface area contributed by atoms with Crippen LogP contribution in [0.25, 0.3) is 0 Å². The maximum absolute atomic E-state index is 11.5. The predicted molar refractivity (Wildman–Crippen MR) is 55.0 cm³/mol. The lowest BCUT2D eigenvalue weighted by molar-refractivity contribution is -0.127. The molecule has 2 amide bonds. The summed E-state index contributed by atoms with van der Waals surface area (Å²) in [5, 5.41) is 6.21. The molecular formula is C9H10N4O4. The number of nitrogens with two attached hydrogens (primary N) is 1. The van der Waals surface area contributed by atoms with E-state index >= 15 is 0 Å². The van der Waals surface area contributed by atoms with E-state index in [0.29, 0.717) is 5.71 Å². The molecule has 0 fully saturated rings. The van der Waals surface area contributed by atoms with Gasteiger partial charge in [-0.2, -0.15) is 0 Å². The molecule has 0 bridgehead atoms. The summed E-state index contributed by atoms with van der Waals surface area (Å²) in [5.74, 6) is -0.962. The second kappa shape index (κ2) is 4.64. The van der Waals surface area contributed by atoms with Crippen LogP contribution >= 0.6 is 0 Å². The lowest BCUT2D eigenvalue weighted by Crippen LogP contribution is -2.32. The van der Waals surface area contributed by atoms with Crippen molar-refractivity contribution in [3.05, 3.63) is 18.4 Å². The topological polar surface area (TPSA) is 120 Å². The van der Waals surface area contributed by atoms with Gasteiger partial charge >= 0.3 is 0 Å². The third-order valence-corrected chi connectivity index (χ3v) is 2.17. The third kappa shape index (κ3) is 2.60. The van der Waals surface area contributed by atoms with E-state index in [1.54, 1.807) is 0 Å². The Morgan fingerprint density at radius 3 is 3.00 bits per heavy atom. The first-order chi connectivity index (χ1) is 8.16. The zero-order valence-corrected chi connectivity index (χ0v) is 8.75. The van der Waals surface area contributed by atoms with Crippen LogP contribution in [0.5, 0.6) is 0 Å². The minimum absolute atomic E-state index is 0.176. The Morgan fingerprint density at radius 1 is 1.59 bits per heavy atom. The van der Waals surface area contributed by atoms with Crippen LogP contribution in [-0.4, -0.2) is 35.2 Å². The van der Waals surface area contributed by atoms with Gasteiger partial charge in [-0.1, -0.05) is 5.16 Å². The van der Waals surface area contributed by atoms with E-state index in [4.69, 9.17) is 10.6 Å². The summed E-state index contributed by atoms with van der Waals surface area (Å²) < 4.78 is 4.67. The van der Waals surface area contributed by atoms with Gasteiger partial charge in [0.15, 0.2) is 12.1 Å². The first-order valence-corrected chi connectivity index (χ1v) is 4.84. The summed E-state index contributed by atoms with van der Waals surface area (Å²) in [6.45, 7) is 0.176. The number of nitrogens with one attached hydrogen (secondary N) is 1. The zero-order chi connectivity index (χ0) is 12.3. The van der Waals surface area contributed by atoms with Crippen LogP contribution in [-0.2, 0) is 9.63 Å². The van der Waals surface area contributed by atoms with Gasteiger partial charge in [0.1, 0.15) is 6.26 Å². The van der Waals surface area contributed by atoms with Crippen molar-refractivity contribution in [1.29, 1.82) is 0 Å². The summed E-state index contributed by atoms with van der Waals surface area (Å²) in [7, 11) is 0. The second-order valence-corrected chi connectivity index (χ2v) is 3.41. The molecule has 1 aromatic heterocycles. The molecule has 1 atom stereocenters. The number of carbonyl (C=O) groups excluding carboxylic acids is 2. The Labute approximate surface area is 95.8 Å². The quantitative estimate of drug-likeness (QED) is 0.699. The molecule has 0 aromatic carbocycles. The number of carbonyl (C=O) groups is 2. The lowest BCUT2D eigenvalue weighted by atomic mass is 10.2. The maximum Gasteiger partial charge on any atom is 0.273 e. The number of oxazole rings is 1. The van der Waals surface area contributed by atoms with Crippen LogP contribution < -0.4 is 11.1 Å². The van der Waals surface area contributed by atoms with E-state index < -0.39 is 12.0 Å². The molecule has 0 spiro atoms. The fraction of sp³-hybridized carbons (Fsp3) is 0.333. The van der Waals surface area contributed by atoms with Crippen molar-refractivity contribution in [1.82, 2.24) is 10.3 Å². The van der Waals surface area contributed by atoms with Crippen LogP contribution in [0.1, 0.15) is 16.9 Å². The maximum atomic E-state index is 11.5. The lowest BCUT2D eigenvalue weighted by Gasteiger charge is -2.02. The van der Waals surface area contributed by atoms with Gasteiger partial charge in [0, 0.05) is 6.42 Å². The average molecular weight is 238 g/mol. The van der Waals surface area contributed by atoms with Gasteiger partial charge in [-0.25, -0.2) is 4.98 Å². The Hall–Kier alpha value is -2.38. The van der Waals surface area contributed by atoms with Crippen molar-refractivity contribution in [3.8, 4) is 0 Å². The summed E-state index contributed by atoms with van der Waals surface area (Å²) in [6, 6.07) is 0. The van der Waals surface area contributed by atoms with Gasteiger partial charge in [-0.15, -0.1) is 0 Å². The number of rotatable bonds is 4. The van der Waals surface area contributed by atoms with E-state index in [2.05, 4.69) is 19.9 Å². The van der Waals surface area contributed by atoms with E-state index in [-0.39, 0.29) is 24.6 Å². The van der Waals surface area contributed by atoms with Crippen molar-refractivity contribution >= 4 is 17.5 Å². The van der Waals surface area contributed by atoms with Crippen LogP contribution in [0.4, 0.5) is 0 Å². The van der Waals surface area contributed by atoms with Crippen molar-refractivity contribution in [3.63, 3.8) is 0 Å². The summed E-state index contributed by atoms with van der Waals surface area (Å²) >= 11 is 0. The van der Waals surface area contributed by atoms with Crippen molar-refractivity contribution in [2.75, 3.05) is 6.54 Å². The molecule has 0 saturated carbocycles. The molecule has 1 unspecified atom stereocenters. The smallest absolute Gasteiger partial charge is 0.273 e. The molecule has 8 nitrogen and oxygen atoms in total.